The Morgan fingerprint density at radius 1 is 1.20 bits per heavy atom. The van der Waals surface area contributed by atoms with Gasteiger partial charge in [0.25, 0.3) is 0 Å². The maximum Gasteiger partial charge on any atom is 0.192 e. The van der Waals surface area contributed by atoms with Gasteiger partial charge >= 0.3 is 0 Å². The molecule has 2 aromatic rings. The third-order valence-corrected chi connectivity index (χ3v) is 2.30. The Labute approximate surface area is 91.6 Å². The molecule has 0 aliphatic rings. The highest BCUT2D eigenvalue weighted by Crippen LogP contribution is 2.28. The molecule has 0 aliphatic heterocycles. The van der Waals surface area contributed by atoms with Crippen LogP contribution < -0.4 is 11.5 Å². The monoisotopic (exact) mass is 220 g/mol. The molecule has 1 heterocycles. The van der Waals surface area contributed by atoms with Crippen molar-refractivity contribution in [3.63, 3.8) is 0 Å². The summed E-state index contributed by atoms with van der Waals surface area (Å²) >= 11 is 6.03. The molecule has 1 aromatic heterocycles. The fourth-order valence-corrected chi connectivity index (χ4v) is 1.60. The van der Waals surface area contributed by atoms with Crippen LogP contribution in [0.1, 0.15) is 0 Å². The van der Waals surface area contributed by atoms with Crippen LogP contribution in [0.15, 0.2) is 35.5 Å². The van der Waals surface area contributed by atoms with Crippen molar-refractivity contribution < 1.29 is 0 Å². The molecule has 0 amide bonds. The predicted octanol–water partition coefficient (Wildman–Crippen LogP) is 1.79. The number of nitrogens with zero attached hydrogens (tertiary/aromatic N) is 2. The first-order valence-corrected chi connectivity index (χ1v) is 4.69. The van der Waals surface area contributed by atoms with Crippen LogP contribution in [0.5, 0.6) is 0 Å². The van der Waals surface area contributed by atoms with Gasteiger partial charge < -0.3 is 11.5 Å². The molecule has 4 nitrogen and oxygen atoms in total. The van der Waals surface area contributed by atoms with Crippen molar-refractivity contribution in [3.05, 3.63) is 35.5 Å². The maximum absolute atomic E-state index is 6.03. The maximum atomic E-state index is 6.03. The van der Waals surface area contributed by atoms with Gasteiger partial charge in [0, 0.05) is 22.0 Å². The summed E-state index contributed by atoms with van der Waals surface area (Å²) in [7, 11) is 0. The summed E-state index contributed by atoms with van der Waals surface area (Å²) in [6, 6.07) is 7.33. The Morgan fingerprint density at radius 2 is 2.00 bits per heavy atom. The number of fused-ring (bicyclic) bond motifs is 1. The molecular formula is C10H9ClN4. The van der Waals surface area contributed by atoms with Gasteiger partial charge in [0.15, 0.2) is 11.8 Å². The lowest BCUT2D eigenvalue weighted by Crippen LogP contribution is -2.22. The molecule has 0 radical (unpaired) electrons. The smallest absolute Gasteiger partial charge is 0.192 e. The Morgan fingerprint density at radius 3 is 2.73 bits per heavy atom. The largest absolute Gasteiger partial charge is 0.370 e. The second-order valence-corrected chi connectivity index (χ2v) is 3.41. The minimum absolute atomic E-state index is 0.0185. The van der Waals surface area contributed by atoms with Crippen LogP contribution in [0.25, 0.3) is 10.8 Å². The molecular weight excluding hydrogens is 212 g/mol. The molecule has 0 saturated carbocycles. The summed E-state index contributed by atoms with van der Waals surface area (Å²) in [5.41, 5.74) is 10.6. The first kappa shape index (κ1) is 9.73. The number of halogens is 1. The van der Waals surface area contributed by atoms with E-state index in [1.807, 2.05) is 24.3 Å². The van der Waals surface area contributed by atoms with Crippen molar-refractivity contribution in [2.75, 3.05) is 0 Å². The van der Waals surface area contributed by atoms with Crippen LogP contribution in [0.4, 0.5) is 5.82 Å². The molecule has 4 N–H and O–H groups in total. The Hall–Kier alpha value is -1.81. The number of aromatic nitrogens is 1. The summed E-state index contributed by atoms with van der Waals surface area (Å²) < 4.78 is 0. The fourth-order valence-electron chi connectivity index (χ4n) is 1.36. The molecule has 0 bridgehead atoms. The molecule has 0 atom stereocenters. The summed E-state index contributed by atoms with van der Waals surface area (Å²) in [6.07, 6.45) is 1.62. The van der Waals surface area contributed by atoms with E-state index < -0.39 is 0 Å². The number of aliphatic imine (C=N–C) groups is 1. The third-order valence-electron chi connectivity index (χ3n) is 1.97. The molecule has 5 heteroatoms. The molecule has 0 unspecified atom stereocenters. The van der Waals surface area contributed by atoms with E-state index in [0.717, 1.165) is 10.8 Å². The Balaban J connectivity index is 2.77. The molecule has 0 spiro atoms. The van der Waals surface area contributed by atoms with Gasteiger partial charge in [0.05, 0.1) is 0 Å². The molecule has 0 aliphatic carbocycles. The normalized spacial score (nSPS) is 10.2. The van der Waals surface area contributed by atoms with E-state index in [-0.39, 0.29) is 5.96 Å². The fraction of sp³-hybridized carbons (Fsp3) is 0. The summed E-state index contributed by atoms with van der Waals surface area (Å²) in [5, 5.41) is 2.37. The van der Waals surface area contributed by atoms with E-state index in [1.54, 1.807) is 6.20 Å². The summed E-state index contributed by atoms with van der Waals surface area (Å²) in [5.74, 6) is 0.463. The minimum atomic E-state index is -0.0185. The van der Waals surface area contributed by atoms with Gasteiger partial charge in [-0.1, -0.05) is 23.7 Å². The minimum Gasteiger partial charge on any atom is -0.370 e. The van der Waals surface area contributed by atoms with Gasteiger partial charge in [0.2, 0.25) is 0 Å². The van der Waals surface area contributed by atoms with E-state index in [2.05, 4.69) is 9.98 Å². The highest BCUT2D eigenvalue weighted by molar-refractivity contribution is 6.35. The first-order chi connectivity index (χ1) is 7.18. The molecule has 1 aromatic carbocycles. The number of pyridine rings is 1. The zero-order valence-electron chi connectivity index (χ0n) is 7.81. The van der Waals surface area contributed by atoms with Crippen molar-refractivity contribution in [1.29, 1.82) is 0 Å². The van der Waals surface area contributed by atoms with Crippen molar-refractivity contribution in [2.24, 2.45) is 16.5 Å². The van der Waals surface area contributed by atoms with Gasteiger partial charge in [-0.3, -0.25) is 0 Å². The zero-order valence-corrected chi connectivity index (χ0v) is 8.57. The quantitative estimate of drug-likeness (QED) is 0.568. The lowest BCUT2D eigenvalue weighted by atomic mass is 10.1. The molecule has 2 rings (SSSR count). The van der Waals surface area contributed by atoms with Gasteiger partial charge in [0.1, 0.15) is 0 Å². The molecule has 0 saturated heterocycles. The standard InChI is InChI=1S/C10H9ClN4/c11-8-3-1-2-7-6(8)4-5-14-9(7)15-10(12)13/h1-5H,(H4,12,13,14,15). The lowest BCUT2D eigenvalue weighted by molar-refractivity contribution is 1.28. The number of rotatable bonds is 1. The van der Waals surface area contributed by atoms with Crippen molar-refractivity contribution in [2.45, 2.75) is 0 Å². The van der Waals surface area contributed by atoms with E-state index in [1.165, 1.54) is 0 Å². The molecule has 15 heavy (non-hydrogen) atoms. The van der Waals surface area contributed by atoms with E-state index in [9.17, 15) is 0 Å². The second kappa shape index (κ2) is 3.74. The van der Waals surface area contributed by atoms with E-state index in [0.29, 0.717) is 10.8 Å². The average Bonchev–Trinajstić information content (AvgIpc) is 2.19. The second-order valence-electron chi connectivity index (χ2n) is 3.01. The Bertz CT molecular complexity index is 532. The van der Waals surface area contributed by atoms with Crippen LogP contribution in [0, 0.1) is 0 Å². The number of hydrogen-bond donors (Lipinski definition) is 2. The number of benzene rings is 1. The van der Waals surface area contributed by atoms with Gasteiger partial charge in [-0.2, -0.15) is 4.99 Å². The number of guanidine groups is 1. The first-order valence-electron chi connectivity index (χ1n) is 4.31. The van der Waals surface area contributed by atoms with E-state index >= 15 is 0 Å². The number of hydrogen-bond acceptors (Lipinski definition) is 2. The van der Waals surface area contributed by atoms with E-state index in [4.69, 9.17) is 23.1 Å². The summed E-state index contributed by atoms with van der Waals surface area (Å²) in [6.45, 7) is 0. The van der Waals surface area contributed by atoms with Crippen LogP contribution >= 0.6 is 11.6 Å². The SMILES string of the molecule is NC(N)=Nc1nccc2c(Cl)cccc12. The van der Waals surface area contributed by atoms with Gasteiger partial charge in [-0.05, 0) is 12.1 Å². The highest BCUT2D eigenvalue weighted by atomic mass is 35.5. The van der Waals surface area contributed by atoms with Crippen molar-refractivity contribution in [1.82, 2.24) is 4.98 Å². The highest BCUT2D eigenvalue weighted by Gasteiger charge is 2.03. The molecule has 0 fully saturated rings. The summed E-state index contributed by atoms with van der Waals surface area (Å²) in [4.78, 5) is 8.01. The van der Waals surface area contributed by atoms with Crippen molar-refractivity contribution in [3.8, 4) is 0 Å². The third kappa shape index (κ3) is 1.85. The van der Waals surface area contributed by atoms with Gasteiger partial charge in [-0.15, -0.1) is 0 Å². The number of nitrogens with two attached hydrogens (primary N) is 2. The topological polar surface area (TPSA) is 77.3 Å². The Kier molecular flexibility index (Phi) is 2.43. The van der Waals surface area contributed by atoms with Gasteiger partial charge in [-0.25, -0.2) is 4.98 Å². The van der Waals surface area contributed by atoms with Crippen molar-refractivity contribution >= 4 is 34.2 Å². The van der Waals surface area contributed by atoms with Crippen LogP contribution in [-0.2, 0) is 0 Å². The zero-order chi connectivity index (χ0) is 10.8. The lowest BCUT2D eigenvalue weighted by Gasteiger charge is -2.02. The van der Waals surface area contributed by atoms with Crippen LogP contribution in [0.2, 0.25) is 5.02 Å². The van der Waals surface area contributed by atoms with Crippen LogP contribution in [-0.4, -0.2) is 10.9 Å². The predicted molar refractivity (Wildman–Crippen MR) is 62.2 cm³/mol. The molecule has 76 valence electrons. The average molecular weight is 221 g/mol. The van der Waals surface area contributed by atoms with Crippen LogP contribution in [0.3, 0.4) is 0 Å².